The van der Waals surface area contributed by atoms with Gasteiger partial charge in [0.1, 0.15) is 6.73 Å². The van der Waals surface area contributed by atoms with Crippen molar-refractivity contribution in [3.63, 3.8) is 0 Å². The Bertz CT molecular complexity index is 572. The van der Waals surface area contributed by atoms with Crippen LogP contribution in [-0.2, 0) is 11.5 Å². The molecule has 0 aliphatic heterocycles. The van der Waals surface area contributed by atoms with Gasteiger partial charge in [-0.2, -0.15) is 0 Å². The van der Waals surface area contributed by atoms with Crippen molar-refractivity contribution in [3.05, 3.63) is 37.1 Å². The highest BCUT2D eigenvalue weighted by molar-refractivity contribution is 6.76. The van der Waals surface area contributed by atoms with Crippen LogP contribution in [-0.4, -0.2) is 29.2 Å². The first-order valence-corrected chi connectivity index (χ1v) is 9.47. The van der Waals surface area contributed by atoms with Crippen molar-refractivity contribution in [1.29, 1.82) is 0 Å². The third-order valence-corrected chi connectivity index (χ3v) is 4.12. The molecule has 0 aromatic carbocycles. The molecule has 0 atom stereocenters. The lowest BCUT2D eigenvalue weighted by Gasteiger charge is -2.15. The Morgan fingerprint density at radius 3 is 2.58 bits per heavy atom. The number of rotatable bonds is 6. The smallest absolute Gasteiger partial charge is 0.350 e. The Kier molecular flexibility index (Phi) is 4.78. The van der Waals surface area contributed by atoms with E-state index in [-0.39, 0.29) is 6.73 Å². The molecule has 0 spiro atoms. The summed E-state index contributed by atoms with van der Waals surface area (Å²) in [6, 6.07) is 0.924. The quantitative estimate of drug-likeness (QED) is 0.359. The number of H-pyrrole nitrogens is 1. The van der Waals surface area contributed by atoms with Crippen molar-refractivity contribution in [3.8, 4) is 0 Å². The molecule has 1 N–H and O–H groups in total. The summed E-state index contributed by atoms with van der Waals surface area (Å²) in [5, 5.41) is 10.6. The Hall–Kier alpha value is -1.74. The van der Waals surface area contributed by atoms with E-state index in [1.54, 1.807) is 0 Å². The molecule has 0 saturated heterocycles. The lowest BCUT2D eigenvalue weighted by molar-refractivity contribution is -0.386. The summed E-state index contributed by atoms with van der Waals surface area (Å²) in [6.07, 6.45) is 0.898. The van der Waals surface area contributed by atoms with Crippen LogP contribution in [0, 0.1) is 10.1 Å². The molecule has 0 aliphatic rings. The minimum atomic E-state index is -1.23. The molecule has 1 aromatic heterocycles. The molecule has 0 saturated carbocycles. The van der Waals surface area contributed by atoms with Crippen molar-refractivity contribution < 1.29 is 9.66 Å². The molecule has 0 unspecified atom stereocenters. The Morgan fingerprint density at radius 2 is 2.05 bits per heavy atom. The number of hydrogen-bond acceptors (Lipinski definition) is 5. The molecular formula is C10H17N3O5Si. The lowest BCUT2D eigenvalue weighted by atomic mass is 10.5. The summed E-state index contributed by atoms with van der Waals surface area (Å²) < 4.78 is 6.28. The second kappa shape index (κ2) is 5.93. The van der Waals surface area contributed by atoms with Crippen molar-refractivity contribution in [1.82, 2.24) is 9.55 Å². The Morgan fingerprint density at radius 1 is 1.42 bits per heavy atom. The SMILES string of the molecule is C[Si](C)(C)CCOCn1cc([N+](=O)[O-])c(=O)[nH]c1=O. The van der Waals surface area contributed by atoms with Crippen LogP contribution in [0.5, 0.6) is 0 Å². The summed E-state index contributed by atoms with van der Waals surface area (Å²) in [5.41, 5.74) is -2.40. The highest BCUT2D eigenvalue weighted by Gasteiger charge is 2.15. The van der Waals surface area contributed by atoms with Gasteiger partial charge in [-0.1, -0.05) is 19.6 Å². The van der Waals surface area contributed by atoms with Crippen LogP contribution in [0.3, 0.4) is 0 Å². The molecule has 106 valence electrons. The monoisotopic (exact) mass is 287 g/mol. The largest absolute Gasteiger partial charge is 0.361 e. The average Bonchev–Trinajstić information content (AvgIpc) is 2.24. The van der Waals surface area contributed by atoms with Gasteiger partial charge in [-0.3, -0.25) is 24.5 Å². The second-order valence-electron chi connectivity index (χ2n) is 5.35. The zero-order chi connectivity index (χ0) is 14.6. The number of aromatic amines is 1. The van der Waals surface area contributed by atoms with Crippen LogP contribution in [0.25, 0.3) is 0 Å². The van der Waals surface area contributed by atoms with Crippen molar-refractivity contribution in [2.45, 2.75) is 32.4 Å². The van der Waals surface area contributed by atoms with Crippen LogP contribution in [0.4, 0.5) is 5.69 Å². The van der Waals surface area contributed by atoms with Crippen LogP contribution < -0.4 is 11.2 Å². The molecule has 1 rings (SSSR count). The van der Waals surface area contributed by atoms with Crippen molar-refractivity contribution in [2.24, 2.45) is 0 Å². The normalized spacial score (nSPS) is 11.5. The standard InChI is InChI=1S/C10H17N3O5Si/c1-19(2,3)5-4-18-7-12-6-8(13(16)17)9(14)11-10(12)15/h6H,4-5,7H2,1-3H3,(H,11,14,15). The van der Waals surface area contributed by atoms with Gasteiger partial charge in [0.15, 0.2) is 0 Å². The maximum absolute atomic E-state index is 11.4. The molecule has 0 amide bonds. The Balaban J connectivity index is 2.74. The second-order valence-corrected chi connectivity index (χ2v) is 11.0. The molecule has 1 aromatic rings. The predicted molar refractivity (Wildman–Crippen MR) is 72.1 cm³/mol. The van der Waals surface area contributed by atoms with Gasteiger partial charge in [0.25, 0.3) is 0 Å². The fourth-order valence-corrected chi connectivity index (χ4v) is 2.02. The highest BCUT2D eigenvalue weighted by atomic mass is 28.3. The van der Waals surface area contributed by atoms with Crippen LogP contribution in [0.15, 0.2) is 15.8 Å². The van der Waals surface area contributed by atoms with E-state index < -0.39 is 29.9 Å². The number of nitrogens with one attached hydrogen (secondary N) is 1. The number of hydrogen-bond donors (Lipinski definition) is 1. The lowest BCUT2D eigenvalue weighted by Crippen LogP contribution is -2.31. The number of nitrogens with zero attached hydrogens (tertiary/aromatic N) is 2. The fourth-order valence-electron chi connectivity index (χ4n) is 1.27. The van der Waals surface area contributed by atoms with E-state index >= 15 is 0 Å². The van der Waals surface area contributed by atoms with Gasteiger partial charge in [0.05, 0.1) is 11.1 Å². The molecule has 0 bridgehead atoms. The van der Waals surface area contributed by atoms with E-state index in [0.717, 1.165) is 16.8 Å². The maximum Gasteiger partial charge on any atom is 0.350 e. The van der Waals surface area contributed by atoms with Gasteiger partial charge in [0, 0.05) is 14.7 Å². The summed E-state index contributed by atoms with van der Waals surface area (Å²) in [4.78, 5) is 34.2. The van der Waals surface area contributed by atoms with Gasteiger partial charge in [-0.15, -0.1) is 0 Å². The third kappa shape index (κ3) is 4.79. The third-order valence-electron chi connectivity index (χ3n) is 2.42. The van der Waals surface area contributed by atoms with Crippen molar-refractivity contribution >= 4 is 13.8 Å². The van der Waals surface area contributed by atoms with Crippen LogP contribution in [0.1, 0.15) is 0 Å². The number of aromatic nitrogens is 2. The van der Waals surface area contributed by atoms with Gasteiger partial charge < -0.3 is 4.74 Å². The van der Waals surface area contributed by atoms with E-state index in [1.807, 2.05) is 4.98 Å². The molecule has 0 radical (unpaired) electrons. The predicted octanol–water partition coefficient (Wildman–Crippen LogP) is 0.757. The molecule has 0 fully saturated rings. The maximum atomic E-state index is 11.4. The summed E-state index contributed by atoms with van der Waals surface area (Å²) >= 11 is 0. The van der Waals surface area contributed by atoms with E-state index in [4.69, 9.17) is 4.74 Å². The zero-order valence-electron chi connectivity index (χ0n) is 11.1. The number of ether oxygens (including phenoxy) is 1. The van der Waals surface area contributed by atoms with E-state index in [2.05, 4.69) is 19.6 Å². The summed E-state index contributed by atoms with van der Waals surface area (Å²) in [6.45, 7) is 6.93. The average molecular weight is 287 g/mol. The van der Waals surface area contributed by atoms with Crippen LogP contribution in [0.2, 0.25) is 25.7 Å². The minimum Gasteiger partial charge on any atom is -0.361 e. The van der Waals surface area contributed by atoms with E-state index in [0.29, 0.717) is 6.61 Å². The minimum absolute atomic E-state index is 0.110. The molecule has 9 heteroatoms. The molecule has 1 heterocycles. The van der Waals surface area contributed by atoms with E-state index in [1.165, 1.54) is 0 Å². The van der Waals surface area contributed by atoms with Gasteiger partial charge in [-0.25, -0.2) is 4.79 Å². The highest BCUT2D eigenvalue weighted by Crippen LogP contribution is 2.07. The summed E-state index contributed by atoms with van der Waals surface area (Å²) in [7, 11) is -1.23. The first-order chi connectivity index (χ1) is 8.70. The zero-order valence-corrected chi connectivity index (χ0v) is 12.1. The van der Waals surface area contributed by atoms with E-state index in [9.17, 15) is 19.7 Å². The number of nitro groups is 1. The molecule has 19 heavy (non-hydrogen) atoms. The van der Waals surface area contributed by atoms with Crippen LogP contribution >= 0.6 is 0 Å². The Labute approximate surface area is 110 Å². The van der Waals surface area contributed by atoms with Gasteiger partial charge in [0.2, 0.25) is 0 Å². The first-order valence-electron chi connectivity index (χ1n) is 5.76. The van der Waals surface area contributed by atoms with Gasteiger partial charge in [-0.05, 0) is 6.04 Å². The van der Waals surface area contributed by atoms with Gasteiger partial charge >= 0.3 is 16.9 Å². The topological polar surface area (TPSA) is 107 Å². The summed E-state index contributed by atoms with van der Waals surface area (Å²) in [5.74, 6) is 0. The first kappa shape index (κ1) is 15.3. The van der Waals surface area contributed by atoms with Crippen molar-refractivity contribution in [2.75, 3.05) is 6.61 Å². The molecule has 8 nitrogen and oxygen atoms in total. The fraction of sp³-hybridized carbons (Fsp3) is 0.600. The molecular weight excluding hydrogens is 270 g/mol. The molecule has 0 aliphatic carbocycles.